The van der Waals surface area contributed by atoms with Crippen molar-refractivity contribution in [2.24, 2.45) is 5.92 Å². The normalized spacial score (nSPS) is 12.0. The second kappa shape index (κ2) is 22.6. The fourth-order valence-corrected chi connectivity index (χ4v) is 3.70. The zero-order valence-electron chi connectivity index (χ0n) is 18.1. The average Bonchev–Trinajstić information content (AvgIpc) is 2.65. The minimum absolute atomic E-state index is 0.947. The number of rotatable bonds is 19. The fraction of sp³-hybridized carbons (Fsp3) is 0.846. The van der Waals surface area contributed by atoms with E-state index >= 15 is 0 Å². The quantitative estimate of drug-likeness (QED) is 0.159. The summed E-state index contributed by atoms with van der Waals surface area (Å²) in [6.07, 6.45) is 26.8. The second-order valence-corrected chi connectivity index (χ2v) is 8.04. The molecule has 0 saturated heterocycles. The highest BCUT2D eigenvalue weighted by Gasteiger charge is 2.08. The van der Waals surface area contributed by atoms with E-state index in [-0.39, 0.29) is 0 Å². The molecule has 0 aromatic heterocycles. The lowest BCUT2D eigenvalue weighted by molar-refractivity contribution is 0.371. The topological polar surface area (TPSA) is 0 Å². The van der Waals surface area contributed by atoms with Crippen molar-refractivity contribution in [3.05, 3.63) is 13.8 Å². The van der Waals surface area contributed by atoms with Crippen molar-refractivity contribution in [3.63, 3.8) is 0 Å². The van der Waals surface area contributed by atoms with Gasteiger partial charge in [-0.05, 0) is 18.8 Å². The first-order chi connectivity index (χ1) is 12.8. The van der Waals surface area contributed by atoms with Gasteiger partial charge in [-0.15, -0.1) is 11.8 Å². The average molecular weight is 361 g/mol. The maximum absolute atomic E-state index is 3.92. The molecular weight excluding hydrogens is 312 g/mol. The van der Waals surface area contributed by atoms with Crippen LogP contribution in [0.4, 0.5) is 0 Å². The summed E-state index contributed by atoms with van der Waals surface area (Å²) in [5, 5.41) is 0. The first kappa shape index (κ1) is 25.6. The molecule has 1 atom stereocenters. The molecule has 0 aromatic carbocycles. The lowest BCUT2D eigenvalue weighted by atomic mass is 9.90. The summed E-state index contributed by atoms with van der Waals surface area (Å²) in [5.41, 5.74) is 0. The van der Waals surface area contributed by atoms with Gasteiger partial charge in [-0.1, -0.05) is 124 Å². The van der Waals surface area contributed by atoms with Gasteiger partial charge in [0.05, 0.1) is 0 Å². The van der Waals surface area contributed by atoms with E-state index < -0.39 is 0 Å². The van der Waals surface area contributed by atoms with Gasteiger partial charge in [-0.2, -0.15) is 0 Å². The lowest BCUT2D eigenvalue weighted by Gasteiger charge is -2.16. The largest absolute Gasteiger partial charge is 0.103 e. The molecule has 26 heavy (non-hydrogen) atoms. The predicted molar refractivity (Wildman–Crippen MR) is 120 cm³/mol. The van der Waals surface area contributed by atoms with Gasteiger partial charge in [0, 0.05) is 12.8 Å². The SMILES string of the molecule is [CH2]CCC#CCCCCC(CCCCC)CCCCCCCCCC[CH2]. The molecular formula is C26H48. The van der Waals surface area contributed by atoms with Crippen LogP contribution in [0, 0.1) is 31.6 Å². The van der Waals surface area contributed by atoms with E-state index in [1.54, 1.807) is 0 Å². The maximum atomic E-state index is 3.92. The summed E-state index contributed by atoms with van der Waals surface area (Å²) in [7, 11) is 0. The van der Waals surface area contributed by atoms with Crippen LogP contribution in [0.25, 0.3) is 0 Å². The van der Waals surface area contributed by atoms with Crippen molar-refractivity contribution in [3.8, 4) is 11.8 Å². The van der Waals surface area contributed by atoms with Crippen molar-refractivity contribution in [1.29, 1.82) is 0 Å². The number of unbranched alkanes of at least 4 members (excludes halogenated alkanes) is 13. The standard InChI is InChI=1S/C26H48/c1-4-7-10-12-14-15-17-19-22-25-26(23-20-9-6-3)24-21-18-16-13-11-8-5-2/h26H,1-2,4-10,12,14-25H2,3H3. The first-order valence-corrected chi connectivity index (χ1v) is 11.9. The third-order valence-electron chi connectivity index (χ3n) is 5.42. The van der Waals surface area contributed by atoms with Crippen LogP contribution < -0.4 is 0 Å². The van der Waals surface area contributed by atoms with Crippen molar-refractivity contribution in [2.45, 2.75) is 135 Å². The molecule has 0 heterocycles. The molecule has 2 radical (unpaired) electrons. The van der Waals surface area contributed by atoms with E-state index in [0.717, 1.165) is 31.6 Å². The molecule has 0 aromatic rings. The monoisotopic (exact) mass is 360 g/mol. The third kappa shape index (κ3) is 19.9. The fourth-order valence-electron chi connectivity index (χ4n) is 3.70. The van der Waals surface area contributed by atoms with Crippen molar-refractivity contribution in [1.82, 2.24) is 0 Å². The van der Waals surface area contributed by atoms with Crippen molar-refractivity contribution in [2.75, 3.05) is 0 Å². The Balaban J connectivity index is 3.71. The van der Waals surface area contributed by atoms with E-state index in [9.17, 15) is 0 Å². The molecule has 0 bridgehead atoms. The lowest BCUT2D eigenvalue weighted by Crippen LogP contribution is -2.01. The Morgan fingerprint density at radius 1 is 0.538 bits per heavy atom. The molecule has 0 amide bonds. The van der Waals surface area contributed by atoms with E-state index in [1.165, 1.54) is 103 Å². The van der Waals surface area contributed by atoms with Gasteiger partial charge in [-0.3, -0.25) is 0 Å². The maximum Gasteiger partial charge on any atom is 0.00886 e. The Bertz CT molecular complexity index is 306. The molecule has 0 heteroatoms. The number of hydrogen-bond donors (Lipinski definition) is 0. The summed E-state index contributed by atoms with van der Waals surface area (Å²) in [4.78, 5) is 0. The molecule has 0 nitrogen and oxygen atoms in total. The van der Waals surface area contributed by atoms with Crippen LogP contribution >= 0.6 is 0 Å². The summed E-state index contributed by atoms with van der Waals surface area (Å²) < 4.78 is 0. The van der Waals surface area contributed by atoms with Gasteiger partial charge in [0.1, 0.15) is 0 Å². The van der Waals surface area contributed by atoms with Crippen molar-refractivity contribution < 1.29 is 0 Å². The van der Waals surface area contributed by atoms with Gasteiger partial charge in [0.15, 0.2) is 0 Å². The minimum atomic E-state index is 0.947. The number of hydrogen-bond acceptors (Lipinski definition) is 0. The minimum Gasteiger partial charge on any atom is -0.103 e. The molecule has 0 aliphatic carbocycles. The van der Waals surface area contributed by atoms with Crippen molar-refractivity contribution >= 4 is 0 Å². The zero-order chi connectivity index (χ0) is 19.1. The van der Waals surface area contributed by atoms with Crippen LogP contribution in [0.2, 0.25) is 0 Å². The van der Waals surface area contributed by atoms with Crippen LogP contribution in [0.3, 0.4) is 0 Å². The summed E-state index contributed by atoms with van der Waals surface area (Å²) >= 11 is 0. The molecule has 0 saturated carbocycles. The van der Waals surface area contributed by atoms with Crippen LogP contribution in [-0.2, 0) is 0 Å². The Labute approximate surface area is 167 Å². The van der Waals surface area contributed by atoms with Gasteiger partial charge in [-0.25, -0.2) is 0 Å². The highest BCUT2D eigenvalue weighted by atomic mass is 14.1. The van der Waals surface area contributed by atoms with Gasteiger partial charge in [0.2, 0.25) is 0 Å². The molecule has 0 rings (SSSR count). The Kier molecular flexibility index (Phi) is 22.2. The van der Waals surface area contributed by atoms with E-state index in [0.29, 0.717) is 0 Å². The van der Waals surface area contributed by atoms with Crippen LogP contribution in [0.15, 0.2) is 0 Å². The highest BCUT2D eigenvalue weighted by Crippen LogP contribution is 2.24. The molecule has 0 aliphatic rings. The van der Waals surface area contributed by atoms with E-state index in [1.807, 2.05) is 0 Å². The molecule has 152 valence electrons. The Morgan fingerprint density at radius 3 is 1.62 bits per heavy atom. The molecule has 0 aliphatic heterocycles. The Hall–Kier alpha value is -0.440. The Morgan fingerprint density at radius 2 is 1.04 bits per heavy atom. The molecule has 0 fully saturated rings. The smallest absolute Gasteiger partial charge is 0.00886 e. The molecule has 1 unspecified atom stereocenters. The van der Waals surface area contributed by atoms with Gasteiger partial charge >= 0.3 is 0 Å². The van der Waals surface area contributed by atoms with Crippen LogP contribution in [0.1, 0.15) is 135 Å². The third-order valence-corrected chi connectivity index (χ3v) is 5.42. The molecule has 0 N–H and O–H groups in total. The van der Waals surface area contributed by atoms with Crippen LogP contribution in [0.5, 0.6) is 0 Å². The predicted octanol–water partition coefficient (Wildman–Crippen LogP) is 9.10. The van der Waals surface area contributed by atoms with Gasteiger partial charge < -0.3 is 0 Å². The zero-order valence-corrected chi connectivity index (χ0v) is 18.1. The second-order valence-electron chi connectivity index (χ2n) is 8.04. The summed E-state index contributed by atoms with van der Waals surface area (Å²) in [6.45, 7) is 10.1. The van der Waals surface area contributed by atoms with Gasteiger partial charge in [0.25, 0.3) is 0 Å². The summed E-state index contributed by atoms with van der Waals surface area (Å²) in [6, 6.07) is 0. The summed E-state index contributed by atoms with van der Waals surface area (Å²) in [5.74, 6) is 7.50. The first-order valence-electron chi connectivity index (χ1n) is 11.9. The van der Waals surface area contributed by atoms with E-state index in [2.05, 4.69) is 32.6 Å². The van der Waals surface area contributed by atoms with Crippen LogP contribution in [-0.4, -0.2) is 0 Å². The van der Waals surface area contributed by atoms with E-state index in [4.69, 9.17) is 0 Å². The molecule has 0 spiro atoms. The highest BCUT2D eigenvalue weighted by molar-refractivity contribution is 4.98.